The van der Waals surface area contributed by atoms with Crippen molar-refractivity contribution in [3.8, 4) is 5.75 Å². The van der Waals surface area contributed by atoms with Crippen molar-refractivity contribution in [1.82, 2.24) is 0 Å². The average Bonchev–Trinajstić information content (AvgIpc) is 2.41. The fraction of sp³-hybridized carbons (Fsp3) is 0.133. The number of carbonyl (C=O) groups is 1. The molecule has 0 radical (unpaired) electrons. The Morgan fingerprint density at radius 1 is 1.11 bits per heavy atom. The largest absolute Gasteiger partial charge is 0.496 e. The van der Waals surface area contributed by atoms with Crippen molar-refractivity contribution in [3.63, 3.8) is 0 Å². The van der Waals surface area contributed by atoms with Crippen LogP contribution in [0, 0.1) is 6.92 Å². The van der Waals surface area contributed by atoms with E-state index in [0.29, 0.717) is 16.9 Å². The molecule has 2 aromatic carbocycles. The molecule has 0 saturated heterocycles. The van der Waals surface area contributed by atoms with Gasteiger partial charge in [-0.2, -0.15) is 0 Å². The van der Waals surface area contributed by atoms with E-state index >= 15 is 0 Å². The van der Waals surface area contributed by atoms with Crippen molar-refractivity contribution in [3.05, 3.63) is 62.0 Å². The van der Waals surface area contributed by atoms with Gasteiger partial charge in [0.25, 0.3) is 0 Å². The van der Waals surface area contributed by atoms with E-state index < -0.39 is 0 Å². The summed E-state index contributed by atoms with van der Waals surface area (Å²) in [5, 5.41) is 0. The number of carbonyl (C=O) groups excluding carboxylic acids is 1. The number of rotatable bonds is 3. The number of hydrogen-bond acceptors (Lipinski definition) is 2. The molecule has 0 heterocycles. The first-order valence-electron chi connectivity index (χ1n) is 5.68. The van der Waals surface area contributed by atoms with Crippen LogP contribution >= 0.6 is 31.9 Å². The minimum Gasteiger partial charge on any atom is -0.496 e. The molecule has 2 nitrogen and oxygen atoms in total. The summed E-state index contributed by atoms with van der Waals surface area (Å²) in [5.74, 6) is 0.510. The fourth-order valence-electron chi connectivity index (χ4n) is 1.83. The Morgan fingerprint density at radius 2 is 1.84 bits per heavy atom. The molecule has 0 unspecified atom stereocenters. The Labute approximate surface area is 129 Å². The fourth-order valence-corrected chi connectivity index (χ4v) is 2.63. The predicted octanol–water partition coefficient (Wildman–Crippen LogP) is 4.76. The minimum absolute atomic E-state index is 0.0614. The van der Waals surface area contributed by atoms with Gasteiger partial charge in [-0.05, 0) is 52.7 Å². The second-order valence-electron chi connectivity index (χ2n) is 4.11. The monoisotopic (exact) mass is 382 g/mol. The third-order valence-electron chi connectivity index (χ3n) is 2.84. The van der Waals surface area contributed by atoms with E-state index in [1.54, 1.807) is 25.3 Å². The van der Waals surface area contributed by atoms with Crippen LogP contribution < -0.4 is 4.74 Å². The molecule has 0 spiro atoms. The molecule has 0 aliphatic heterocycles. The number of ether oxygens (including phenoxy) is 1. The zero-order chi connectivity index (χ0) is 14.0. The quantitative estimate of drug-likeness (QED) is 0.714. The van der Waals surface area contributed by atoms with E-state index in [1.807, 2.05) is 25.1 Å². The van der Waals surface area contributed by atoms with Gasteiger partial charge in [0.1, 0.15) is 5.75 Å². The van der Waals surface area contributed by atoms with Gasteiger partial charge in [0.2, 0.25) is 0 Å². The van der Waals surface area contributed by atoms with Crippen molar-refractivity contribution < 1.29 is 9.53 Å². The third kappa shape index (κ3) is 2.90. The molecule has 98 valence electrons. The Balaban J connectivity index is 2.56. The van der Waals surface area contributed by atoms with Gasteiger partial charge < -0.3 is 4.74 Å². The van der Waals surface area contributed by atoms with Crippen molar-refractivity contribution in [2.24, 2.45) is 0 Å². The zero-order valence-corrected chi connectivity index (χ0v) is 13.7. The molecule has 0 aliphatic carbocycles. The maximum Gasteiger partial charge on any atom is 0.197 e. The lowest BCUT2D eigenvalue weighted by atomic mass is 10.0. The smallest absolute Gasteiger partial charge is 0.197 e. The molecule has 0 amide bonds. The van der Waals surface area contributed by atoms with Crippen molar-refractivity contribution in [2.45, 2.75) is 6.92 Å². The SMILES string of the molecule is COc1ccc(Br)cc1C(=O)c1cccc(C)c1Br. The maximum atomic E-state index is 12.6. The molecular weight excluding hydrogens is 372 g/mol. The molecule has 0 fully saturated rings. The molecule has 0 aliphatic rings. The minimum atomic E-state index is -0.0614. The normalized spacial score (nSPS) is 10.3. The standard InChI is InChI=1S/C15H12Br2O2/c1-9-4-3-5-11(14(9)17)15(18)12-8-10(16)6-7-13(12)19-2/h3-8H,1-2H3. The summed E-state index contributed by atoms with van der Waals surface area (Å²) in [6.07, 6.45) is 0. The highest BCUT2D eigenvalue weighted by atomic mass is 79.9. The average molecular weight is 384 g/mol. The number of halogens is 2. The van der Waals surface area contributed by atoms with Gasteiger partial charge in [0, 0.05) is 14.5 Å². The lowest BCUT2D eigenvalue weighted by Crippen LogP contribution is -2.05. The number of aryl methyl sites for hydroxylation is 1. The molecule has 19 heavy (non-hydrogen) atoms. The van der Waals surface area contributed by atoms with E-state index in [2.05, 4.69) is 31.9 Å². The molecule has 0 bridgehead atoms. The van der Waals surface area contributed by atoms with Gasteiger partial charge in [0.15, 0.2) is 5.78 Å². The van der Waals surface area contributed by atoms with Gasteiger partial charge in [-0.15, -0.1) is 0 Å². The van der Waals surface area contributed by atoms with E-state index in [0.717, 1.165) is 14.5 Å². The van der Waals surface area contributed by atoms with Gasteiger partial charge >= 0.3 is 0 Å². The highest BCUT2D eigenvalue weighted by molar-refractivity contribution is 9.10. The lowest BCUT2D eigenvalue weighted by Gasteiger charge is -2.10. The Hall–Kier alpha value is -1.13. The molecule has 0 atom stereocenters. The number of ketones is 1. The van der Waals surface area contributed by atoms with Gasteiger partial charge in [-0.25, -0.2) is 0 Å². The summed E-state index contributed by atoms with van der Waals surface area (Å²) in [6.45, 7) is 1.96. The summed E-state index contributed by atoms with van der Waals surface area (Å²) in [4.78, 5) is 12.6. The Kier molecular flexibility index (Phi) is 4.42. The van der Waals surface area contributed by atoms with E-state index in [1.165, 1.54) is 0 Å². The van der Waals surface area contributed by atoms with Gasteiger partial charge in [-0.3, -0.25) is 4.79 Å². The number of methoxy groups -OCH3 is 1. The van der Waals surface area contributed by atoms with Crippen LogP contribution in [-0.4, -0.2) is 12.9 Å². The summed E-state index contributed by atoms with van der Waals surface area (Å²) >= 11 is 6.85. The van der Waals surface area contributed by atoms with Crippen LogP contribution in [0.4, 0.5) is 0 Å². The predicted molar refractivity (Wildman–Crippen MR) is 83.0 cm³/mol. The van der Waals surface area contributed by atoms with Crippen LogP contribution in [0.25, 0.3) is 0 Å². The van der Waals surface area contributed by atoms with E-state index in [4.69, 9.17) is 4.74 Å². The van der Waals surface area contributed by atoms with Crippen LogP contribution in [0.2, 0.25) is 0 Å². The van der Waals surface area contributed by atoms with E-state index in [-0.39, 0.29) is 5.78 Å². The first-order valence-corrected chi connectivity index (χ1v) is 7.26. The number of benzene rings is 2. The van der Waals surface area contributed by atoms with Gasteiger partial charge in [-0.1, -0.05) is 28.1 Å². The highest BCUT2D eigenvalue weighted by Gasteiger charge is 2.18. The highest BCUT2D eigenvalue weighted by Crippen LogP contribution is 2.29. The zero-order valence-electron chi connectivity index (χ0n) is 10.5. The first-order chi connectivity index (χ1) is 9.04. The summed E-state index contributed by atoms with van der Waals surface area (Å²) in [6, 6.07) is 11.0. The molecule has 0 aromatic heterocycles. The molecular formula is C15H12Br2O2. The maximum absolute atomic E-state index is 12.6. The van der Waals surface area contributed by atoms with E-state index in [9.17, 15) is 4.79 Å². The van der Waals surface area contributed by atoms with Crippen LogP contribution in [0.3, 0.4) is 0 Å². The number of hydrogen-bond donors (Lipinski definition) is 0. The van der Waals surface area contributed by atoms with Crippen LogP contribution in [-0.2, 0) is 0 Å². The first kappa shape index (κ1) is 14.3. The van der Waals surface area contributed by atoms with Crippen molar-refractivity contribution in [1.29, 1.82) is 0 Å². The summed E-state index contributed by atoms with van der Waals surface area (Å²) in [7, 11) is 1.56. The summed E-state index contributed by atoms with van der Waals surface area (Å²) < 4.78 is 6.93. The topological polar surface area (TPSA) is 26.3 Å². The van der Waals surface area contributed by atoms with Crippen LogP contribution in [0.5, 0.6) is 5.75 Å². The Morgan fingerprint density at radius 3 is 2.53 bits per heavy atom. The third-order valence-corrected chi connectivity index (χ3v) is 4.39. The second-order valence-corrected chi connectivity index (χ2v) is 5.82. The second kappa shape index (κ2) is 5.88. The molecule has 2 rings (SSSR count). The molecule has 4 heteroatoms. The van der Waals surface area contributed by atoms with Crippen LogP contribution in [0.15, 0.2) is 45.3 Å². The van der Waals surface area contributed by atoms with Crippen LogP contribution in [0.1, 0.15) is 21.5 Å². The lowest BCUT2D eigenvalue weighted by molar-refractivity contribution is 0.103. The molecule has 0 N–H and O–H groups in total. The molecule has 0 saturated carbocycles. The van der Waals surface area contributed by atoms with Gasteiger partial charge in [0.05, 0.1) is 12.7 Å². The summed E-state index contributed by atoms with van der Waals surface area (Å²) in [5.41, 5.74) is 2.21. The molecule has 2 aromatic rings. The van der Waals surface area contributed by atoms with Crippen molar-refractivity contribution in [2.75, 3.05) is 7.11 Å². The van der Waals surface area contributed by atoms with Crippen molar-refractivity contribution >= 4 is 37.6 Å². The Bertz CT molecular complexity index is 636.